The lowest BCUT2D eigenvalue weighted by Crippen LogP contribution is -2.51. The number of unbranched alkanes of at least 4 members (excludes halogenated alkanes) is 1. The van der Waals surface area contributed by atoms with E-state index in [-0.39, 0.29) is 24.0 Å². The summed E-state index contributed by atoms with van der Waals surface area (Å²) in [5.74, 6) is 0.897. The fraction of sp³-hybridized carbons (Fsp3) is 0.952. The molecule has 6 nitrogen and oxygen atoms in total. The van der Waals surface area contributed by atoms with Crippen LogP contribution in [0.2, 0.25) is 0 Å². The van der Waals surface area contributed by atoms with Crippen molar-refractivity contribution in [2.24, 2.45) is 4.99 Å². The average molecular weight is 511 g/mol. The van der Waals surface area contributed by atoms with E-state index in [0.717, 1.165) is 31.6 Å². The predicted molar refractivity (Wildman–Crippen MR) is 128 cm³/mol. The molecule has 0 aromatic heterocycles. The molecule has 1 aliphatic carbocycles. The molecular formula is C21H43IN4O2. The summed E-state index contributed by atoms with van der Waals surface area (Å²) in [6.45, 7) is 8.26. The van der Waals surface area contributed by atoms with Gasteiger partial charge in [-0.2, -0.15) is 0 Å². The second-order valence-electron chi connectivity index (χ2n) is 7.82. The molecule has 2 fully saturated rings. The van der Waals surface area contributed by atoms with Crippen LogP contribution in [-0.4, -0.2) is 76.1 Å². The number of guanidine groups is 1. The minimum atomic E-state index is 0. The number of nitrogens with one attached hydrogen (secondary N) is 2. The zero-order valence-electron chi connectivity index (χ0n) is 18.1. The molecule has 166 valence electrons. The van der Waals surface area contributed by atoms with E-state index in [4.69, 9.17) is 9.47 Å². The van der Waals surface area contributed by atoms with Gasteiger partial charge in [0.25, 0.3) is 0 Å². The summed E-state index contributed by atoms with van der Waals surface area (Å²) in [4.78, 5) is 7.09. The summed E-state index contributed by atoms with van der Waals surface area (Å²) in [6, 6.07) is 1.38. The number of likely N-dealkylation sites (tertiary alicyclic amines) is 1. The Morgan fingerprint density at radius 2 is 1.64 bits per heavy atom. The van der Waals surface area contributed by atoms with Crippen LogP contribution in [0.5, 0.6) is 0 Å². The topological polar surface area (TPSA) is 58.1 Å². The van der Waals surface area contributed by atoms with Crippen LogP contribution in [0.25, 0.3) is 0 Å². The van der Waals surface area contributed by atoms with Crippen molar-refractivity contribution in [1.29, 1.82) is 0 Å². The Kier molecular flexibility index (Phi) is 15.4. The van der Waals surface area contributed by atoms with E-state index in [1.54, 1.807) is 0 Å². The van der Waals surface area contributed by atoms with Crippen LogP contribution in [0.3, 0.4) is 0 Å². The van der Waals surface area contributed by atoms with Gasteiger partial charge in [-0.3, -0.25) is 4.99 Å². The molecule has 28 heavy (non-hydrogen) atoms. The van der Waals surface area contributed by atoms with Gasteiger partial charge in [-0.15, -0.1) is 24.0 Å². The molecule has 2 N–H and O–H groups in total. The number of hydrogen-bond donors (Lipinski definition) is 2. The van der Waals surface area contributed by atoms with Crippen LogP contribution < -0.4 is 10.6 Å². The Morgan fingerprint density at radius 3 is 2.29 bits per heavy atom. The Hall–Kier alpha value is -0.120. The van der Waals surface area contributed by atoms with Gasteiger partial charge in [0.1, 0.15) is 0 Å². The van der Waals surface area contributed by atoms with Crippen LogP contribution in [0.15, 0.2) is 4.99 Å². The maximum Gasteiger partial charge on any atom is 0.191 e. The normalized spacial score (nSPS) is 20.0. The lowest BCUT2D eigenvalue weighted by Gasteiger charge is -2.39. The zero-order valence-corrected chi connectivity index (χ0v) is 20.4. The minimum Gasteiger partial charge on any atom is -0.379 e. The molecule has 1 aliphatic heterocycles. The third kappa shape index (κ3) is 10.6. The van der Waals surface area contributed by atoms with E-state index in [2.05, 4.69) is 27.4 Å². The second-order valence-corrected chi connectivity index (χ2v) is 7.82. The molecule has 2 aliphatic rings. The van der Waals surface area contributed by atoms with Crippen molar-refractivity contribution in [3.05, 3.63) is 0 Å². The number of hydrogen-bond acceptors (Lipinski definition) is 4. The van der Waals surface area contributed by atoms with Gasteiger partial charge in [-0.05, 0) is 32.1 Å². The second kappa shape index (κ2) is 16.7. The van der Waals surface area contributed by atoms with Crippen molar-refractivity contribution in [1.82, 2.24) is 15.5 Å². The first-order valence-corrected chi connectivity index (χ1v) is 11.2. The Bertz CT molecular complexity index is 398. The largest absolute Gasteiger partial charge is 0.379 e. The lowest BCUT2D eigenvalue weighted by molar-refractivity contribution is 0.0487. The molecule has 1 saturated heterocycles. The number of piperidine rings is 1. The van der Waals surface area contributed by atoms with E-state index in [1.165, 1.54) is 64.5 Å². The predicted octanol–water partition coefficient (Wildman–Crippen LogP) is 3.40. The standard InChI is InChI=1S/C21H42N4O2.HI/c1-3-4-15-26-17-18-27-16-12-23-21(22-2)24-19-10-13-25(14-11-19)20-8-6-5-7-9-20;/h19-20H,3-18H2,1-2H3,(H2,22,23,24);1H. The highest BCUT2D eigenvalue weighted by Crippen LogP contribution is 2.25. The van der Waals surface area contributed by atoms with Crippen LogP contribution in [0.1, 0.15) is 64.7 Å². The van der Waals surface area contributed by atoms with Gasteiger partial charge in [-0.25, -0.2) is 0 Å². The van der Waals surface area contributed by atoms with Crippen molar-refractivity contribution < 1.29 is 9.47 Å². The first-order valence-electron chi connectivity index (χ1n) is 11.2. The Labute approximate surface area is 189 Å². The van der Waals surface area contributed by atoms with Crippen LogP contribution in [-0.2, 0) is 9.47 Å². The monoisotopic (exact) mass is 510 g/mol. The van der Waals surface area contributed by atoms with Gasteiger partial charge in [0.2, 0.25) is 0 Å². The fourth-order valence-corrected chi connectivity index (χ4v) is 4.05. The van der Waals surface area contributed by atoms with E-state index in [0.29, 0.717) is 25.9 Å². The van der Waals surface area contributed by atoms with Crippen LogP contribution in [0, 0.1) is 0 Å². The number of nitrogens with zero attached hydrogens (tertiary/aromatic N) is 2. The Balaban J connectivity index is 0.00000392. The fourth-order valence-electron chi connectivity index (χ4n) is 4.05. The molecule has 7 heteroatoms. The molecule has 0 aromatic carbocycles. The van der Waals surface area contributed by atoms with Crippen LogP contribution >= 0.6 is 24.0 Å². The van der Waals surface area contributed by atoms with Crippen molar-refractivity contribution in [3.8, 4) is 0 Å². The SMILES string of the molecule is CCCCOCCOCCNC(=NC)NC1CCN(C2CCCCC2)CC1.I. The van der Waals surface area contributed by atoms with Gasteiger partial charge in [-0.1, -0.05) is 32.6 Å². The quantitative estimate of drug-likeness (QED) is 0.193. The maximum absolute atomic E-state index is 5.60. The minimum absolute atomic E-state index is 0. The van der Waals surface area contributed by atoms with Crippen LogP contribution in [0.4, 0.5) is 0 Å². The van der Waals surface area contributed by atoms with E-state index in [1.807, 2.05) is 7.05 Å². The summed E-state index contributed by atoms with van der Waals surface area (Å²) in [5, 5.41) is 6.95. The third-order valence-corrected chi connectivity index (χ3v) is 5.74. The van der Waals surface area contributed by atoms with Gasteiger partial charge < -0.3 is 25.0 Å². The zero-order chi connectivity index (χ0) is 19.2. The molecular weight excluding hydrogens is 467 g/mol. The molecule has 1 saturated carbocycles. The highest BCUT2D eigenvalue weighted by Gasteiger charge is 2.26. The van der Waals surface area contributed by atoms with Gasteiger partial charge in [0, 0.05) is 45.4 Å². The van der Waals surface area contributed by atoms with E-state index in [9.17, 15) is 0 Å². The number of halogens is 1. The lowest BCUT2D eigenvalue weighted by atomic mass is 9.92. The molecule has 0 amide bonds. The van der Waals surface area contributed by atoms with Crippen molar-refractivity contribution in [3.63, 3.8) is 0 Å². The summed E-state index contributed by atoms with van der Waals surface area (Å²) >= 11 is 0. The third-order valence-electron chi connectivity index (χ3n) is 5.74. The molecule has 0 atom stereocenters. The van der Waals surface area contributed by atoms with Gasteiger partial charge in [0.15, 0.2) is 5.96 Å². The number of rotatable bonds is 11. The Morgan fingerprint density at radius 1 is 0.964 bits per heavy atom. The maximum atomic E-state index is 5.60. The first-order chi connectivity index (χ1) is 13.3. The molecule has 0 spiro atoms. The first kappa shape index (κ1) is 25.9. The molecule has 0 bridgehead atoms. The number of aliphatic imine (C=N–C) groups is 1. The van der Waals surface area contributed by atoms with Gasteiger partial charge >= 0.3 is 0 Å². The highest BCUT2D eigenvalue weighted by molar-refractivity contribution is 14.0. The van der Waals surface area contributed by atoms with Crippen molar-refractivity contribution >= 4 is 29.9 Å². The molecule has 0 radical (unpaired) electrons. The van der Waals surface area contributed by atoms with Crippen molar-refractivity contribution in [2.45, 2.75) is 76.8 Å². The molecule has 0 aromatic rings. The summed E-state index contributed by atoms with van der Waals surface area (Å²) < 4.78 is 11.1. The van der Waals surface area contributed by atoms with E-state index >= 15 is 0 Å². The summed E-state index contributed by atoms with van der Waals surface area (Å²) in [5.41, 5.74) is 0. The van der Waals surface area contributed by atoms with E-state index < -0.39 is 0 Å². The average Bonchev–Trinajstić information content (AvgIpc) is 2.73. The highest BCUT2D eigenvalue weighted by atomic mass is 127. The molecule has 1 heterocycles. The summed E-state index contributed by atoms with van der Waals surface area (Å²) in [6.07, 6.45) is 11.8. The molecule has 2 rings (SSSR count). The van der Waals surface area contributed by atoms with Gasteiger partial charge in [0.05, 0.1) is 19.8 Å². The number of ether oxygens (including phenoxy) is 2. The molecule has 0 unspecified atom stereocenters. The smallest absolute Gasteiger partial charge is 0.191 e. The summed E-state index contributed by atoms with van der Waals surface area (Å²) in [7, 11) is 1.84. The van der Waals surface area contributed by atoms with Crippen molar-refractivity contribution in [2.75, 3.05) is 53.1 Å².